The minimum Gasteiger partial charge on any atom is -0.548 e. The number of carbonyl (C=O) groups excluding carboxylic acids is 2. The van der Waals surface area contributed by atoms with Gasteiger partial charge in [0.05, 0.1) is 12.0 Å². The number of amidine groups is 1. The van der Waals surface area contributed by atoms with Gasteiger partial charge in [0.2, 0.25) is 0 Å². The van der Waals surface area contributed by atoms with Crippen molar-refractivity contribution in [3.63, 3.8) is 0 Å². The van der Waals surface area contributed by atoms with E-state index in [4.69, 9.17) is 21.6 Å². The molecule has 0 saturated heterocycles. The van der Waals surface area contributed by atoms with Crippen LogP contribution in [0.4, 0.5) is 5.69 Å². The van der Waals surface area contributed by atoms with Crippen LogP contribution in [0.5, 0.6) is 5.75 Å². The molecule has 0 heterocycles. The number of primary amides is 1. The van der Waals surface area contributed by atoms with Crippen molar-refractivity contribution in [3.8, 4) is 5.75 Å². The maximum Gasteiger partial charge on any atom is 0.255 e. The number of benzene rings is 2. The van der Waals surface area contributed by atoms with Gasteiger partial charge in [-0.3, -0.25) is 10.2 Å². The van der Waals surface area contributed by atoms with Crippen LogP contribution in [0.1, 0.15) is 29.7 Å². The standard InChI is InChI=1S/C19H22N4O4.ClH/c1-2-11-9-13(5-8-15(11)27-10-16(20)24)17(19(25)26)23-14-6-3-12(4-7-14)18(21)22;/h3-9,17,23H,2,10H2,1H3,(H2,20,24)(H3,21,22)(H,25,26);1H/p-1. The first-order valence-electron chi connectivity index (χ1n) is 8.27. The highest BCUT2D eigenvalue weighted by Gasteiger charge is 2.15. The summed E-state index contributed by atoms with van der Waals surface area (Å²) in [6, 6.07) is 10.3. The minimum atomic E-state index is -1.29. The van der Waals surface area contributed by atoms with E-state index in [1.807, 2.05) is 6.92 Å². The summed E-state index contributed by atoms with van der Waals surface area (Å²) in [6.07, 6.45) is 0.578. The molecular formula is C19H22ClN4O4-. The van der Waals surface area contributed by atoms with E-state index in [9.17, 15) is 14.7 Å². The third-order valence-electron chi connectivity index (χ3n) is 3.91. The largest absolute Gasteiger partial charge is 0.548 e. The fourth-order valence-corrected chi connectivity index (χ4v) is 2.54. The van der Waals surface area contributed by atoms with Crippen LogP contribution in [-0.2, 0) is 16.0 Å². The SMILES string of the molecule is CCc1cc(C(Nc2ccc(C(=N)N)cc2)C(=O)[O-])ccc1OCC(N)=O.Cl. The molecule has 0 saturated carbocycles. The maximum atomic E-state index is 11.7. The molecule has 2 aromatic rings. The van der Waals surface area contributed by atoms with Crippen molar-refractivity contribution >= 4 is 35.8 Å². The number of hydrogen-bond acceptors (Lipinski definition) is 6. The summed E-state index contributed by atoms with van der Waals surface area (Å²) in [5.74, 6) is -1.48. The van der Waals surface area contributed by atoms with Gasteiger partial charge in [0.25, 0.3) is 5.91 Å². The lowest BCUT2D eigenvalue weighted by atomic mass is 10.0. The molecular weight excluding hydrogens is 384 g/mol. The van der Waals surface area contributed by atoms with Gasteiger partial charge in [-0.2, -0.15) is 0 Å². The van der Waals surface area contributed by atoms with E-state index in [0.29, 0.717) is 29.0 Å². The fourth-order valence-electron chi connectivity index (χ4n) is 2.54. The number of anilines is 1. The highest BCUT2D eigenvalue weighted by Crippen LogP contribution is 2.26. The molecule has 1 atom stereocenters. The Bertz CT molecular complexity index is 856. The number of aryl methyl sites for hydroxylation is 1. The van der Waals surface area contributed by atoms with Gasteiger partial charge >= 0.3 is 0 Å². The Morgan fingerprint density at radius 1 is 1.18 bits per heavy atom. The van der Waals surface area contributed by atoms with E-state index < -0.39 is 17.9 Å². The van der Waals surface area contributed by atoms with E-state index in [1.54, 1.807) is 42.5 Å². The van der Waals surface area contributed by atoms with Crippen molar-refractivity contribution < 1.29 is 19.4 Å². The van der Waals surface area contributed by atoms with Crippen molar-refractivity contribution in [1.29, 1.82) is 5.41 Å². The predicted molar refractivity (Wildman–Crippen MR) is 107 cm³/mol. The Labute approximate surface area is 168 Å². The molecule has 0 spiro atoms. The molecule has 0 aliphatic rings. The molecule has 0 aromatic heterocycles. The molecule has 1 amide bonds. The molecule has 0 fully saturated rings. The lowest BCUT2D eigenvalue weighted by Crippen LogP contribution is -2.34. The monoisotopic (exact) mass is 405 g/mol. The van der Waals surface area contributed by atoms with Crippen molar-refractivity contribution in [2.45, 2.75) is 19.4 Å². The number of halogens is 1. The number of nitrogens with one attached hydrogen (secondary N) is 2. The minimum absolute atomic E-state index is 0. The molecule has 150 valence electrons. The van der Waals surface area contributed by atoms with Crippen LogP contribution in [0.15, 0.2) is 42.5 Å². The van der Waals surface area contributed by atoms with Gasteiger partial charge in [-0.25, -0.2) is 0 Å². The Kier molecular flexibility index (Phi) is 8.28. The summed E-state index contributed by atoms with van der Waals surface area (Å²) < 4.78 is 5.35. The van der Waals surface area contributed by atoms with Crippen LogP contribution in [0.25, 0.3) is 0 Å². The number of aliphatic carboxylic acids is 1. The molecule has 0 aliphatic heterocycles. The number of nitrogens with two attached hydrogens (primary N) is 2. The second kappa shape index (κ2) is 10.2. The van der Waals surface area contributed by atoms with Crippen LogP contribution >= 0.6 is 12.4 Å². The van der Waals surface area contributed by atoms with Crippen LogP contribution in [0.3, 0.4) is 0 Å². The van der Waals surface area contributed by atoms with Gasteiger partial charge in [0.1, 0.15) is 11.6 Å². The summed E-state index contributed by atoms with van der Waals surface area (Å²) in [5.41, 5.74) is 12.8. The molecule has 2 aromatic carbocycles. The van der Waals surface area contributed by atoms with Crippen LogP contribution < -0.4 is 26.6 Å². The predicted octanol–water partition coefficient (Wildman–Crippen LogP) is 0.722. The zero-order valence-corrected chi connectivity index (χ0v) is 16.0. The van der Waals surface area contributed by atoms with E-state index in [0.717, 1.165) is 5.56 Å². The summed E-state index contributed by atoms with van der Waals surface area (Å²) >= 11 is 0. The van der Waals surface area contributed by atoms with Gasteiger partial charge in [-0.1, -0.05) is 13.0 Å². The van der Waals surface area contributed by atoms with Crippen molar-refractivity contribution in [1.82, 2.24) is 0 Å². The Balaban J connectivity index is 0.00000392. The van der Waals surface area contributed by atoms with Gasteiger partial charge in [-0.15, -0.1) is 12.4 Å². The summed E-state index contributed by atoms with van der Waals surface area (Å²) in [5, 5.41) is 21.9. The van der Waals surface area contributed by atoms with Gasteiger partial charge in [-0.05, 0) is 53.9 Å². The molecule has 8 nitrogen and oxygen atoms in total. The van der Waals surface area contributed by atoms with E-state index >= 15 is 0 Å². The van der Waals surface area contributed by atoms with Crippen molar-refractivity contribution in [3.05, 3.63) is 59.2 Å². The lowest BCUT2D eigenvalue weighted by molar-refractivity contribution is -0.307. The van der Waals surface area contributed by atoms with E-state index in [1.165, 1.54) is 0 Å². The van der Waals surface area contributed by atoms with Gasteiger partial charge in [0.15, 0.2) is 6.61 Å². The van der Waals surface area contributed by atoms with E-state index in [2.05, 4.69) is 5.32 Å². The molecule has 0 radical (unpaired) electrons. The number of rotatable bonds is 9. The maximum absolute atomic E-state index is 11.7. The van der Waals surface area contributed by atoms with Gasteiger partial charge in [0, 0.05) is 11.3 Å². The van der Waals surface area contributed by atoms with Crippen molar-refractivity contribution in [2.75, 3.05) is 11.9 Å². The third-order valence-corrected chi connectivity index (χ3v) is 3.91. The molecule has 2 rings (SSSR count). The molecule has 28 heavy (non-hydrogen) atoms. The second-order valence-electron chi connectivity index (χ2n) is 5.86. The normalized spacial score (nSPS) is 11.0. The summed E-state index contributed by atoms with van der Waals surface area (Å²) in [6.45, 7) is 1.63. The number of ether oxygens (including phenoxy) is 1. The third kappa shape index (κ3) is 5.88. The van der Waals surface area contributed by atoms with Crippen LogP contribution in [-0.4, -0.2) is 24.3 Å². The number of hydrogen-bond donors (Lipinski definition) is 4. The van der Waals surface area contributed by atoms with Crippen molar-refractivity contribution in [2.24, 2.45) is 11.5 Å². The Morgan fingerprint density at radius 2 is 1.82 bits per heavy atom. The highest BCUT2D eigenvalue weighted by molar-refractivity contribution is 5.95. The zero-order valence-electron chi connectivity index (χ0n) is 15.2. The summed E-state index contributed by atoms with van der Waals surface area (Å²) in [4.78, 5) is 22.5. The first kappa shape index (κ1) is 22.8. The highest BCUT2D eigenvalue weighted by atomic mass is 35.5. The average molecular weight is 406 g/mol. The quantitative estimate of drug-likeness (QED) is 0.356. The number of carbonyl (C=O) groups is 2. The second-order valence-corrected chi connectivity index (χ2v) is 5.86. The van der Waals surface area contributed by atoms with Gasteiger partial charge < -0.3 is 31.4 Å². The molecule has 0 bridgehead atoms. The molecule has 0 aliphatic carbocycles. The molecule has 6 N–H and O–H groups in total. The average Bonchev–Trinajstić information content (AvgIpc) is 2.64. The number of carboxylic acids is 1. The number of nitrogen functional groups attached to an aromatic ring is 1. The zero-order chi connectivity index (χ0) is 20.0. The molecule has 9 heteroatoms. The first-order valence-corrected chi connectivity index (χ1v) is 8.27. The van der Waals surface area contributed by atoms with Crippen LogP contribution in [0.2, 0.25) is 0 Å². The number of amides is 1. The topological polar surface area (TPSA) is 154 Å². The first-order chi connectivity index (χ1) is 12.8. The van der Waals surface area contributed by atoms with Crippen LogP contribution in [0, 0.1) is 5.41 Å². The molecule has 1 unspecified atom stereocenters. The Morgan fingerprint density at radius 3 is 2.32 bits per heavy atom. The lowest BCUT2D eigenvalue weighted by Gasteiger charge is -2.23. The summed E-state index contributed by atoms with van der Waals surface area (Å²) in [7, 11) is 0. The smallest absolute Gasteiger partial charge is 0.255 e. The number of carboxylic acid groups (broad SMARTS) is 1. The van der Waals surface area contributed by atoms with E-state index in [-0.39, 0.29) is 24.8 Å². The fraction of sp³-hybridized carbons (Fsp3) is 0.211. The Hall–Kier alpha value is -3.26.